The van der Waals surface area contributed by atoms with E-state index in [1.54, 1.807) is 0 Å². The molecule has 1 aromatic heterocycles. The van der Waals surface area contributed by atoms with Crippen LogP contribution in [-0.4, -0.2) is 53.7 Å². The van der Waals surface area contributed by atoms with Crippen LogP contribution in [0.4, 0.5) is 5.69 Å². The lowest BCUT2D eigenvalue weighted by atomic mass is 10.1. The Labute approximate surface area is 204 Å². The smallest absolute Gasteiger partial charge is 0.260 e. The molecule has 1 fully saturated rings. The van der Waals surface area contributed by atoms with Crippen molar-refractivity contribution in [1.82, 2.24) is 15.0 Å². The SMILES string of the molecule is Cc1cccc(N2CCN(C(=O)COc3ccc(-c4nc(-c5ccccc5)no4)cc3)CC2)c1C. The number of amides is 1. The molecule has 0 atom stereocenters. The first kappa shape index (κ1) is 22.7. The van der Waals surface area contributed by atoms with E-state index < -0.39 is 0 Å². The highest BCUT2D eigenvalue weighted by molar-refractivity contribution is 5.78. The average molecular weight is 469 g/mol. The second-order valence-electron chi connectivity index (χ2n) is 8.69. The number of hydrogen-bond acceptors (Lipinski definition) is 6. The van der Waals surface area contributed by atoms with Crippen molar-refractivity contribution in [3.05, 3.63) is 83.9 Å². The van der Waals surface area contributed by atoms with Gasteiger partial charge in [-0.15, -0.1) is 0 Å². The Balaban J connectivity index is 1.13. The van der Waals surface area contributed by atoms with Crippen molar-refractivity contribution in [3.63, 3.8) is 0 Å². The lowest BCUT2D eigenvalue weighted by Gasteiger charge is -2.37. The number of carbonyl (C=O) groups excluding carboxylic acids is 1. The van der Waals surface area contributed by atoms with Crippen molar-refractivity contribution >= 4 is 11.6 Å². The van der Waals surface area contributed by atoms with Crippen molar-refractivity contribution < 1.29 is 14.1 Å². The predicted molar refractivity (Wildman–Crippen MR) is 135 cm³/mol. The summed E-state index contributed by atoms with van der Waals surface area (Å²) in [6.07, 6.45) is 0. The third-order valence-corrected chi connectivity index (χ3v) is 6.47. The monoisotopic (exact) mass is 468 g/mol. The van der Waals surface area contributed by atoms with Crippen LogP contribution in [0, 0.1) is 13.8 Å². The summed E-state index contributed by atoms with van der Waals surface area (Å²) in [6, 6.07) is 23.4. The predicted octanol–water partition coefficient (Wildman–Crippen LogP) is 4.75. The second-order valence-corrected chi connectivity index (χ2v) is 8.69. The van der Waals surface area contributed by atoms with Gasteiger partial charge in [-0.05, 0) is 55.3 Å². The molecule has 0 saturated carbocycles. The molecule has 0 spiro atoms. The Kier molecular flexibility index (Phi) is 6.48. The van der Waals surface area contributed by atoms with E-state index in [1.807, 2.05) is 59.5 Å². The molecule has 2 heterocycles. The normalized spacial score (nSPS) is 13.7. The van der Waals surface area contributed by atoms with Gasteiger partial charge in [0.25, 0.3) is 11.8 Å². The van der Waals surface area contributed by atoms with Crippen LogP contribution in [0.25, 0.3) is 22.8 Å². The van der Waals surface area contributed by atoms with Crippen LogP contribution in [0.2, 0.25) is 0 Å². The van der Waals surface area contributed by atoms with Crippen LogP contribution in [-0.2, 0) is 4.79 Å². The van der Waals surface area contributed by atoms with Crippen LogP contribution in [0.15, 0.2) is 77.3 Å². The van der Waals surface area contributed by atoms with Gasteiger partial charge in [-0.25, -0.2) is 0 Å². The van der Waals surface area contributed by atoms with E-state index in [0.717, 1.165) is 24.2 Å². The van der Waals surface area contributed by atoms with Crippen LogP contribution in [0.5, 0.6) is 5.75 Å². The summed E-state index contributed by atoms with van der Waals surface area (Å²) < 4.78 is 11.2. The van der Waals surface area contributed by atoms with Gasteiger partial charge in [0, 0.05) is 43.0 Å². The lowest BCUT2D eigenvalue weighted by molar-refractivity contribution is -0.133. The number of piperazine rings is 1. The Hall–Kier alpha value is -4.13. The molecule has 35 heavy (non-hydrogen) atoms. The van der Waals surface area contributed by atoms with Gasteiger partial charge in [0.05, 0.1) is 0 Å². The third kappa shape index (κ3) is 5.04. The summed E-state index contributed by atoms with van der Waals surface area (Å²) >= 11 is 0. The van der Waals surface area contributed by atoms with Crippen LogP contribution in [0.3, 0.4) is 0 Å². The number of ether oxygens (including phenoxy) is 1. The van der Waals surface area contributed by atoms with Crippen molar-refractivity contribution in [2.24, 2.45) is 0 Å². The Morgan fingerprint density at radius 1 is 0.886 bits per heavy atom. The number of aromatic nitrogens is 2. The average Bonchev–Trinajstić information content (AvgIpc) is 3.40. The molecule has 0 N–H and O–H groups in total. The minimum atomic E-state index is -0.000838. The quantitative estimate of drug-likeness (QED) is 0.407. The first-order valence-electron chi connectivity index (χ1n) is 11.8. The molecule has 4 aromatic rings. The van der Waals surface area contributed by atoms with Gasteiger partial charge in [0.1, 0.15) is 5.75 Å². The van der Waals surface area contributed by atoms with E-state index in [9.17, 15) is 4.79 Å². The molecule has 0 bridgehead atoms. The molecule has 1 saturated heterocycles. The van der Waals surface area contributed by atoms with Crippen molar-refractivity contribution in [1.29, 1.82) is 0 Å². The Bertz CT molecular complexity index is 1290. The highest BCUT2D eigenvalue weighted by atomic mass is 16.5. The summed E-state index contributed by atoms with van der Waals surface area (Å²) in [5.74, 6) is 1.61. The molecule has 1 aliphatic rings. The standard InChI is InChI=1S/C28H28N4O3/c1-20-7-6-10-25(21(20)2)31-15-17-32(18-16-31)26(33)19-34-24-13-11-23(12-14-24)28-29-27(30-35-28)22-8-4-3-5-9-22/h3-14H,15-19H2,1-2H3. The zero-order valence-corrected chi connectivity index (χ0v) is 20.0. The molecular formula is C28H28N4O3. The van der Waals surface area contributed by atoms with E-state index in [0.29, 0.717) is 30.6 Å². The number of anilines is 1. The minimum absolute atomic E-state index is 0.000838. The van der Waals surface area contributed by atoms with Crippen molar-refractivity contribution in [2.45, 2.75) is 13.8 Å². The van der Waals surface area contributed by atoms with Gasteiger partial charge in [0.2, 0.25) is 5.82 Å². The Morgan fingerprint density at radius 3 is 2.37 bits per heavy atom. The number of aryl methyl sites for hydroxylation is 1. The number of nitrogens with zero attached hydrogens (tertiary/aromatic N) is 4. The fraction of sp³-hybridized carbons (Fsp3) is 0.250. The number of benzene rings is 3. The zero-order valence-electron chi connectivity index (χ0n) is 20.0. The van der Waals surface area contributed by atoms with Gasteiger partial charge < -0.3 is 19.1 Å². The molecule has 5 rings (SSSR count). The zero-order chi connectivity index (χ0) is 24.2. The van der Waals surface area contributed by atoms with E-state index in [1.165, 1.54) is 16.8 Å². The largest absolute Gasteiger partial charge is 0.484 e. The van der Waals surface area contributed by atoms with Crippen LogP contribution >= 0.6 is 0 Å². The fourth-order valence-electron chi connectivity index (χ4n) is 4.25. The number of rotatable bonds is 6. The van der Waals surface area contributed by atoms with Crippen molar-refractivity contribution in [3.8, 4) is 28.6 Å². The molecule has 0 aliphatic carbocycles. The summed E-state index contributed by atoms with van der Waals surface area (Å²) in [6.45, 7) is 7.32. The van der Waals surface area contributed by atoms with E-state index in [2.05, 4.69) is 47.1 Å². The van der Waals surface area contributed by atoms with Crippen molar-refractivity contribution in [2.75, 3.05) is 37.7 Å². The molecule has 0 radical (unpaired) electrons. The van der Waals surface area contributed by atoms with Crippen LogP contribution in [0.1, 0.15) is 11.1 Å². The van der Waals surface area contributed by atoms with Gasteiger partial charge in [-0.2, -0.15) is 4.98 Å². The summed E-state index contributed by atoms with van der Waals surface area (Å²) in [4.78, 5) is 21.4. The van der Waals surface area contributed by atoms with Gasteiger partial charge in [-0.3, -0.25) is 4.79 Å². The van der Waals surface area contributed by atoms with E-state index in [-0.39, 0.29) is 12.5 Å². The second kappa shape index (κ2) is 10.0. The lowest BCUT2D eigenvalue weighted by Crippen LogP contribution is -2.50. The van der Waals surface area contributed by atoms with E-state index in [4.69, 9.17) is 9.26 Å². The van der Waals surface area contributed by atoms with Gasteiger partial charge in [0.15, 0.2) is 6.61 Å². The van der Waals surface area contributed by atoms with Gasteiger partial charge in [-0.1, -0.05) is 47.6 Å². The number of carbonyl (C=O) groups is 1. The number of hydrogen-bond donors (Lipinski definition) is 0. The first-order chi connectivity index (χ1) is 17.1. The maximum absolute atomic E-state index is 12.7. The fourth-order valence-corrected chi connectivity index (χ4v) is 4.25. The van der Waals surface area contributed by atoms with E-state index >= 15 is 0 Å². The highest BCUT2D eigenvalue weighted by Gasteiger charge is 2.22. The minimum Gasteiger partial charge on any atom is -0.484 e. The molecule has 7 nitrogen and oxygen atoms in total. The van der Waals surface area contributed by atoms with Crippen LogP contribution < -0.4 is 9.64 Å². The molecular weight excluding hydrogens is 440 g/mol. The first-order valence-corrected chi connectivity index (χ1v) is 11.8. The molecule has 3 aromatic carbocycles. The summed E-state index contributed by atoms with van der Waals surface area (Å²) in [7, 11) is 0. The maximum Gasteiger partial charge on any atom is 0.260 e. The molecule has 7 heteroatoms. The maximum atomic E-state index is 12.7. The Morgan fingerprint density at radius 2 is 1.63 bits per heavy atom. The third-order valence-electron chi connectivity index (χ3n) is 6.47. The molecule has 0 unspecified atom stereocenters. The topological polar surface area (TPSA) is 71.7 Å². The molecule has 178 valence electrons. The highest BCUT2D eigenvalue weighted by Crippen LogP contribution is 2.25. The van der Waals surface area contributed by atoms with Gasteiger partial charge >= 0.3 is 0 Å². The summed E-state index contributed by atoms with van der Waals surface area (Å²) in [5, 5.41) is 4.06. The molecule has 1 amide bonds. The summed E-state index contributed by atoms with van der Waals surface area (Å²) in [5.41, 5.74) is 5.54. The molecule has 1 aliphatic heterocycles.